The molecule has 0 saturated heterocycles. The molecule has 0 saturated carbocycles. The molecule has 0 unspecified atom stereocenters. The van der Waals surface area contributed by atoms with Gasteiger partial charge in [-0.25, -0.2) is 5.43 Å². The summed E-state index contributed by atoms with van der Waals surface area (Å²) in [5.41, 5.74) is 3.92. The highest BCUT2D eigenvalue weighted by molar-refractivity contribution is 6.44. The molecule has 1 aromatic heterocycles. The SMILES string of the molecule is O=C(CNc1ccc2ccccc2c1)NN=Cc1ccc(-c2cc(Cl)c(Cl)cc2Cl)o1. The third-order valence-electron chi connectivity index (χ3n) is 4.49. The quantitative estimate of drug-likeness (QED) is 0.188. The van der Waals surface area contributed by atoms with Crippen molar-refractivity contribution in [1.82, 2.24) is 5.43 Å². The summed E-state index contributed by atoms with van der Waals surface area (Å²) in [5, 5.41) is 10.4. The van der Waals surface area contributed by atoms with Gasteiger partial charge >= 0.3 is 0 Å². The van der Waals surface area contributed by atoms with E-state index in [4.69, 9.17) is 39.2 Å². The molecule has 4 aromatic rings. The van der Waals surface area contributed by atoms with Crippen molar-refractivity contribution in [3.05, 3.63) is 87.6 Å². The number of hydrogen-bond donors (Lipinski definition) is 2. The molecule has 5 nitrogen and oxygen atoms in total. The van der Waals surface area contributed by atoms with Gasteiger partial charge in [-0.2, -0.15) is 5.10 Å². The molecular formula is C23H16Cl3N3O2. The summed E-state index contributed by atoms with van der Waals surface area (Å²) in [6.45, 7) is 0.0813. The fourth-order valence-corrected chi connectivity index (χ4v) is 3.61. The normalized spacial score (nSPS) is 11.2. The Morgan fingerprint density at radius 1 is 0.903 bits per heavy atom. The van der Waals surface area contributed by atoms with Crippen molar-refractivity contribution in [2.75, 3.05) is 11.9 Å². The van der Waals surface area contributed by atoms with Crippen LogP contribution < -0.4 is 10.7 Å². The molecule has 0 aliphatic heterocycles. The minimum Gasteiger partial charge on any atom is -0.455 e. The highest BCUT2D eigenvalue weighted by Gasteiger charge is 2.11. The number of rotatable bonds is 6. The van der Waals surface area contributed by atoms with Crippen molar-refractivity contribution in [2.45, 2.75) is 0 Å². The van der Waals surface area contributed by atoms with Crippen LogP contribution in [-0.2, 0) is 4.79 Å². The highest BCUT2D eigenvalue weighted by atomic mass is 35.5. The molecule has 0 aliphatic rings. The molecule has 156 valence electrons. The van der Waals surface area contributed by atoms with E-state index < -0.39 is 0 Å². The first-order valence-corrected chi connectivity index (χ1v) is 10.4. The second-order valence-electron chi connectivity index (χ2n) is 6.66. The second kappa shape index (κ2) is 9.43. The summed E-state index contributed by atoms with van der Waals surface area (Å²) in [5.74, 6) is 0.665. The number of carbonyl (C=O) groups excluding carboxylic acids is 1. The largest absolute Gasteiger partial charge is 0.455 e. The Kier molecular flexibility index (Phi) is 6.47. The number of furan rings is 1. The fraction of sp³-hybridized carbons (Fsp3) is 0.0435. The van der Waals surface area contributed by atoms with Gasteiger partial charge < -0.3 is 9.73 Å². The molecule has 1 amide bonds. The zero-order valence-corrected chi connectivity index (χ0v) is 18.3. The molecule has 0 fully saturated rings. The van der Waals surface area contributed by atoms with Gasteiger partial charge in [0.05, 0.1) is 27.8 Å². The third kappa shape index (κ3) is 5.20. The number of hydrazone groups is 1. The van der Waals surface area contributed by atoms with Crippen LogP contribution in [0.2, 0.25) is 15.1 Å². The zero-order valence-electron chi connectivity index (χ0n) is 16.0. The van der Waals surface area contributed by atoms with Crippen LogP contribution in [0.5, 0.6) is 0 Å². The van der Waals surface area contributed by atoms with Crippen LogP contribution in [0.1, 0.15) is 5.76 Å². The van der Waals surface area contributed by atoms with Crippen LogP contribution in [-0.4, -0.2) is 18.7 Å². The van der Waals surface area contributed by atoms with Gasteiger partial charge in [0.25, 0.3) is 5.91 Å². The van der Waals surface area contributed by atoms with Gasteiger partial charge in [-0.05, 0) is 47.2 Å². The number of fused-ring (bicyclic) bond motifs is 1. The number of amides is 1. The lowest BCUT2D eigenvalue weighted by molar-refractivity contribution is -0.119. The van der Waals surface area contributed by atoms with Crippen LogP contribution in [0.25, 0.3) is 22.1 Å². The second-order valence-corrected chi connectivity index (χ2v) is 7.88. The maximum atomic E-state index is 12.0. The Hall–Kier alpha value is -2.99. The minimum absolute atomic E-state index is 0.0813. The number of benzene rings is 3. The van der Waals surface area contributed by atoms with Crippen molar-refractivity contribution in [3.63, 3.8) is 0 Å². The maximum absolute atomic E-state index is 12.0. The molecule has 1 heterocycles. The van der Waals surface area contributed by atoms with E-state index in [-0.39, 0.29) is 12.5 Å². The van der Waals surface area contributed by atoms with E-state index in [1.807, 2.05) is 42.5 Å². The zero-order chi connectivity index (χ0) is 21.8. The van der Waals surface area contributed by atoms with Gasteiger partial charge in [-0.15, -0.1) is 0 Å². The summed E-state index contributed by atoms with van der Waals surface area (Å²) in [6.07, 6.45) is 1.41. The first-order valence-electron chi connectivity index (χ1n) is 9.29. The summed E-state index contributed by atoms with van der Waals surface area (Å²) in [6, 6.07) is 20.6. The summed E-state index contributed by atoms with van der Waals surface area (Å²) in [7, 11) is 0. The van der Waals surface area contributed by atoms with E-state index in [2.05, 4.69) is 15.8 Å². The van der Waals surface area contributed by atoms with Gasteiger partial charge in [0.15, 0.2) is 0 Å². The summed E-state index contributed by atoms with van der Waals surface area (Å²) >= 11 is 18.2. The Labute approximate surface area is 193 Å². The number of halogens is 3. The monoisotopic (exact) mass is 471 g/mol. The van der Waals surface area contributed by atoms with Crippen LogP contribution in [0.3, 0.4) is 0 Å². The smallest absolute Gasteiger partial charge is 0.259 e. The molecule has 0 bridgehead atoms. The van der Waals surface area contributed by atoms with E-state index in [1.54, 1.807) is 24.3 Å². The van der Waals surface area contributed by atoms with Gasteiger partial charge in [0.2, 0.25) is 0 Å². The number of hydrogen-bond acceptors (Lipinski definition) is 4. The number of carbonyl (C=O) groups is 1. The summed E-state index contributed by atoms with van der Waals surface area (Å²) < 4.78 is 5.69. The van der Waals surface area contributed by atoms with Crippen LogP contribution in [0.15, 0.2) is 76.2 Å². The predicted octanol–water partition coefficient (Wildman–Crippen LogP) is 6.62. The predicted molar refractivity (Wildman–Crippen MR) is 127 cm³/mol. The van der Waals surface area contributed by atoms with Crippen LogP contribution >= 0.6 is 34.8 Å². The fourth-order valence-electron chi connectivity index (χ4n) is 2.97. The Bertz CT molecular complexity index is 1280. The van der Waals surface area contributed by atoms with Crippen LogP contribution in [0.4, 0.5) is 5.69 Å². The van der Waals surface area contributed by atoms with E-state index in [0.29, 0.717) is 32.2 Å². The van der Waals surface area contributed by atoms with Crippen molar-refractivity contribution in [1.29, 1.82) is 0 Å². The van der Waals surface area contributed by atoms with Crippen molar-refractivity contribution in [2.24, 2.45) is 5.10 Å². The number of anilines is 1. The van der Waals surface area contributed by atoms with Crippen molar-refractivity contribution >= 4 is 63.4 Å². The maximum Gasteiger partial charge on any atom is 0.259 e. The van der Waals surface area contributed by atoms with E-state index in [0.717, 1.165) is 16.5 Å². The van der Waals surface area contributed by atoms with Gasteiger partial charge in [0, 0.05) is 11.3 Å². The van der Waals surface area contributed by atoms with Gasteiger partial charge in [-0.3, -0.25) is 4.79 Å². The van der Waals surface area contributed by atoms with Crippen LogP contribution in [0, 0.1) is 0 Å². The molecule has 0 spiro atoms. The highest BCUT2D eigenvalue weighted by Crippen LogP contribution is 2.35. The standard InChI is InChI=1S/C23H16Cl3N3O2/c24-19-11-21(26)20(25)10-18(19)22-8-7-17(31-22)12-28-29-23(30)13-27-16-6-5-14-3-1-2-4-15(14)9-16/h1-12,27H,13H2,(H,29,30). The van der Waals surface area contributed by atoms with Gasteiger partial charge in [0.1, 0.15) is 11.5 Å². The molecule has 31 heavy (non-hydrogen) atoms. The average Bonchev–Trinajstić information content (AvgIpc) is 3.23. The molecule has 0 atom stereocenters. The topological polar surface area (TPSA) is 66.6 Å². The molecule has 4 rings (SSSR count). The molecule has 8 heteroatoms. The Morgan fingerprint density at radius 2 is 1.68 bits per heavy atom. The Balaban J connectivity index is 1.33. The molecule has 0 aliphatic carbocycles. The number of nitrogens with one attached hydrogen (secondary N) is 2. The lowest BCUT2D eigenvalue weighted by Gasteiger charge is -2.06. The molecule has 0 radical (unpaired) electrons. The summed E-state index contributed by atoms with van der Waals surface area (Å²) in [4.78, 5) is 12.0. The number of nitrogens with zero attached hydrogens (tertiary/aromatic N) is 1. The average molecular weight is 473 g/mol. The molecule has 3 aromatic carbocycles. The van der Waals surface area contributed by atoms with E-state index >= 15 is 0 Å². The van der Waals surface area contributed by atoms with Gasteiger partial charge in [-0.1, -0.05) is 65.1 Å². The Morgan fingerprint density at radius 3 is 2.52 bits per heavy atom. The van der Waals surface area contributed by atoms with Crippen molar-refractivity contribution in [3.8, 4) is 11.3 Å². The third-order valence-corrected chi connectivity index (χ3v) is 5.52. The lowest BCUT2D eigenvalue weighted by atomic mass is 10.1. The van der Waals surface area contributed by atoms with E-state index in [9.17, 15) is 4.79 Å². The van der Waals surface area contributed by atoms with Crippen molar-refractivity contribution < 1.29 is 9.21 Å². The van der Waals surface area contributed by atoms with E-state index in [1.165, 1.54) is 6.21 Å². The molecule has 2 N–H and O–H groups in total. The molecular weight excluding hydrogens is 457 g/mol. The first kappa shape index (κ1) is 21.2. The minimum atomic E-state index is -0.288. The first-order chi connectivity index (χ1) is 15.0. The lowest BCUT2D eigenvalue weighted by Crippen LogP contribution is -2.25.